The molecule has 0 aromatic carbocycles. The van der Waals surface area contributed by atoms with Gasteiger partial charge in [-0.1, -0.05) is 13.8 Å². The molecule has 1 N–H and O–H groups in total. The highest BCUT2D eigenvalue weighted by molar-refractivity contribution is 5.80. The Morgan fingerprint density at radius 3 is 2.53 bits per heavy atom. The first-order valence-corrected chi connectivity index (χ1v) is 5.52. The zero-order valence-corrected chi connectivity index (χ0v) is 9.84. The standard InChI is InChI=1S/C11H21NO3/c1-9(2)8-12-11(10(13)14-3)4-6-15-7-5-11/h9,12H,4-8H2,1-3H3. The van der Waals surface area contributed by atoms with Crippen molar-refractivity contribution in [2.45, 2.75) is 32.2 Å². The molecule has 0 unspecified atom stereocenters. The van der Waals surface area contributed by atoms with Gasteiger partial charge in [-0.2, -0.15) is 0 Å². The van der Waals surface area contributed by atoms with Crippen molar-refractivity contribution in [3.63, 3.8) is 0 Å². The summed E-state index contributed by atoms with van der Waals surface area (Å²) >= 11 is 0. The SMILES string of the molecule is COC(=O)C1(NCC(C)C)CCOCC1. The van der Waals surface area contributed by atoms with E-state index in [2.05, 4.69) is 19.2 Å². The van der Waals surface area contributed by atoms with Gasteiger partial charge in [-0.3, -0.25) is 4.79 Å². The van der Waals surface area contributed by atoms with Crippen molar-refractivity contribution >= 4 is 5.97 Å². The molecular formula is C11H21NO3. The van der Waals surface area contributed by atoms with Crippen molar-refractivity contribution in [1.29, 1.82) is 0 Å². The van der Waals surface area contributed by atoms with Gasteiger partial charge in [-0.15, -0.1) is 0 Å². The number of ether oxygens (including phenoxy) is 2. The molecule has 1 rings (SSSR count). The van der Waals surface area contributed by atoms with Gasteiger partial charge < -0.3 is 14.8 Å². The lowest BCUT2D eigenvalue weighted by atomic mass is 9.89. The summed E-state index contributed by atoms with van der Waals surface area (Å²) in [5.41, 5.74) is -0.517. The van der Waals surface area contributed by atoms with E-state index in [0.717, 1.165) is 6.54 Å². The molecule has 1 heterocycles. The Morgan fingerprint density at radius 2 is 2.07 bits per heavy atom. The summed E-state index contributed by atoms with van der Waals surface area (Å²) in [6.45, 7) is 6.32. The van der Waals surface area contributed by atoms with Gasteiger partial charge in [-0.05, 0) is 25.3 Å². The van der Waals surface area contributed by atoms with Gasteiger partial charge in [0.15, 0.2) is 0 Å². The highest BCUT2D eigenvalue weighted by Crippen LogP contribution is 2.22. The summed E-state index contributed by atoms with van der Waals surface area (Å²) in [5, 5.41) is 3.33. The third-order valence-electron chi connectivity index (χ3n) is 2.77. The minimum absolute atomic E-state index is 0.161. The second kappa shape index (κ2) is 5.47. The molecular weight excluding hydrogens is 194 g/mol. The van der Waals surface area contributed by atoms with Crippen molar-refractivity contribution in [2.24, 2.45) is 5.92 Å². The second-order valence-corrected chi connectivity index (χ2v) is 4.46. The van der Waals surface area contributed by atoms with E-state index in [-0.39, 0.29) is 5.97 Å². The zero-order chi connectivity index (χ0) is 11.3. The molecule has 0 radical (unpaired) electrons. The topological polar surface area (TPSA) is 47.6 Å². The van der Waals surface area contributed by atoms with Crippen LogP contribution in [-0.2, 0) is 14.3 Å². The van der Waals surface area contributed by atoms with Crippen LogP contribution >= 0.6 is 0 Å². The van der Waals surface area contributed by atoms with Crippen molar-refractivity contribution in [2.75, 3.05) is 26.9 Å². The van der Waals surface area contributed by atoms with Crippen LogP contribution in [0.2, 0.25) is 0 Å². The minimum atomic E-state index is -0.517. The van der Waals surface area contributed by atoms with Crippen LogP contribution in [0.4, 0.5) is 0 Å². The Bertz CT molecular complexity index is 210. The maximum Gasteiger partial charge on any atom is 0.326 e. The third-order valence-corrected chi connectivity index (χ3v) is 2.77. The Kier molecular flexibility index (Phi) is 4.54. The van der Waals surface area contributed by atoms with Gasteiger partial charge in [0.25, 0.3) is 0 Å². The molecule has 1 fully saturated rings. The van der Waals surface area contributed by atoms with Gasteiger partial charge >= 0.3 is 5.97 Å². The zero-order valence-electron chi connectivity index (χ0n) is 9.84. The normalized spacial score (nSPS) is 20.3. The first-order valence-electron chi connectivity index (χ1n) is 5.52. The Hall–Kier alpha value is -0.610. The number of carbonyl (C=O) groups is 1. The Labute approximate surface area is 91.3 Å². The fourth-order valence-corrected chi connectivity index (χ4v) is 1.77. The molecule has 0 saturated carbocycles. The van der Waals surface area contributed by atoms with Gasteiger partial charge in [0, 0.05) is 13.2 Å². The summed E-state index contributed by atoms with van der Waals surface area (Å²) in [6, 6.07) is 0. The van der Waals surface area contributed by atoms with Crippen LogP contribution in [0.1, 0.15) is 26.7 Å². The van der Waals surface area contributed by atoms with E-state index in [1.165, 1.54) is 7.11 Å². The van der Waals surface area contributed by atoms with E-state index in [4.69, 9.17) is 9.47 Å². The predicted molar refractivity (Wildman–Crippen MR) is 57.6 cm³/mol. The number of hydrogen-bond acceptors (Lipinski definition) is 4. The molecule has 1 aliphatic heterocycles. The van der Waals surface area contributed by atoms with E-state index >= 15 is 0 Å². The number of hydrogen-bond donors (Lipinski definition) is 1. The van der Waals surface area contributed by atoms with Crippen LogP contribution in [-0.4, -0.2) is 38.4 Å². The first kappa shape index (κ1) is 12.5. The lowest BCUT2D eigenvalue weighted by Gasteiger charge is -2.35. The highest BCUT2D eigenvalue weighted by atomic mass is 16.5. The van der Waals surface area contributed by atoms with E-state index in [0.29, 0.717) is 32.0 Å². The molecule has 0 aromatic rings. The molecule has 0 amide bonds. The van der Waals surface area contributed by atoms with Crippen molar-refractivity contribution < 1.29 is 14.3 Å². The molecule has 15 heavy (non-hydrogen) atoms. The largest absolute Gasteiger partial charge is 0.468 e. The molecule has 0 atom stereocenters. The molecule has 4 nitrogen and oxygen atoms in total. The molecule has 4 heteroatoms. The van der Waals surface area contributed by atoms with Gasteiger partial charge in [0.05, 0.1) is 7.11 Å². The monoisotopic (exact) mass is 215 g/mol. The van der Waals surface area contributed by atoms with Crippen LogP contribution in [0.25, 0.3) is 0 Å². The highest BCUT2D eigenvalue weighted by Gasteiger charge is 2.40. The maximum atomic E-state index is 11.8. The lowest BCUT2D eigenvalue weighted by Crippen LogP contribution is -2.56. The smallest absolute Gasteiger partial charge is 0.326 e. The summed E-state index contributed by atoms with van der Waals surface area (Å²) < 4.78 is 10.1. The van der Waals surface area contributed by atoms with Crippen LogP contribution in [0.15, 0.2) is 0 Å². The van der Waals surface area contributed by atoms with Crippen LogP contribution in [0.3, 0.4) is 0 Å². The Morgan fingerprint density at radius 1 is 1.47 bits per heavy atom. The first-order chi connectivity index (χ1) is 7.10. The van der Waals surface area contributed by atoms with Gasteiger partial charge in [-0.25, -0.2) is 0 Å². The molecule has 88 valence electrons. The van der Waals surface area contributed by atoms with Crippen molar-refractivity contribution in [3.8, 4) is 0 Å². The summed E-state index contributed by atoms with van der Waals surface area (Å²) in [5.74, 6) is 0.362. The van der Waals surface area contributed by atoms with Crippen molar-refractivity contribution in [3.05, 3.63) is 0 Å². The number of methoxy groups -OCH3 is 1. The number of nitrogens with one attached hydrogen (secondary N) is 1. The maximum absolute atomic E-state index is 11.8. The number of esters is 1. The lowest BCUT2D eigenvalue weighted by molar-refractivity contribution is -0.153. The van der Waals surface area contributed by atoms with E-state index < -0.39 is 5.54 Å². The third kappa shape index (κ3) is 3.18. The fraction of sp³-hybridized carbons (Fsp3) is 0.909. The predicted octanol–water partition coefficient (Wildman–Crippen LogP) is 0.954. The molecule has 0 aromatic heterocycles. The van der Waals surface area contributed by atoms with Gasteiger partial charge in [0.1, 0.15) is 5.54 Å². The average Bonchev–Trinajstić information content (AvgIpc) is 2.26. The minimum Gasteiger partial charge on any atom is -0.468 e. The quantitative estimate of drug-likeness (QED) is 0.709. The Balaban J connectivity index is 2.62. The summed E-state index contributed by atoms with van der Waals surface area (Å²) in [7, 11) is 1.44. The van der Waals surface area contributed by atoms with Crippen LogP contribution in [0, 0.1) is 5.92 Å². The fourth-order valence-electron chi connectivity index (χ4n) is 1.77. The van der Waals surface area contributed by atoms with E-state index in [1.54, 1.807) is 0 Å². The van der Waals surface area contributed by atoms with Gasteiger partial charge in [0.2, 0.25) is 0 Å². The molecule has 1 aliphatic rings. The van der Waals surface area contributed by atoms with Crippen LogP contribution < -0.4 is 5.32 Å². The molecule has 0 aliphatic carbocycles. The summed E-state index contributed by atoms with van der Waals surface area (Å²) in [4.78, 5) is 11.8. The number of carbonyl (C=O) groups excluding carboxylic acids is 1. The average molecular weight is 215 g/mol. The molecule has 1 saturated heterocycles. The van der Waals surface area contributed by atoms with E-state index in [9.17, 15) is 4.79 Å². The molecule has 0 spiro atoms. The number of rotatable bonds is 4. The van der Waals surface area contributed by atoms with E-state index in [1.807, 2.05) is 0 Å². The summed E-state index contributed by atoms with van der Waals surface area (Å²) in [6.07, 6.45) is 1.40. The van der Waals surface area contributed by atoms with Crippen molar-refractivity contribution in [1.82, 2.24) is 5.32 Å². The second-order valence-electron chi connectivity index (χ2n) is 4.46. The van der Waals surface area contributed by atoms with Crippen LogP contribution in [0.5, 0.6) is 0 Å². The molecule has 0 bridgehead atoms.